The third-order valence-corrected chi connectivity index (χ3v) is 3.43. The van der Waals surface area contributed by atoms with E-state index in [1.807, 2.05) is 13.1 Å². The molecule has 1 aliphatic rings. The Hall–Kier alpha value is -1.40. The molecule has 1 fully saturated rings. The number of hydrogen-bond donors (Lipinski definition) is 0. The highest BCUT2D eigenvalue weighted by Gasteiger charge is 2.19. The van der Waals surface area contributed by atoms with Gasteiger partial charge in [0.2, 0.25) is 0 Å². The largest absolute Gasteiger partial charge is 0.302 e. The predicted molar refractivity (Wildman–Crippen MR) is 64.8 cm³/mol. The van der Waals surface area contributed by atoms with E-state index < -0.39 is 0 Å². The highest BCUT2D eigenvalue weighted by molar-refractivity contribution is 5.34. The maximum Gasteiger partial charge on any atom is 0.145 e. The molecule has 3 heteroatoms. The first-order valence-electron chi connectivity index (χ1n) is 6.06. The highest BCUT2D eigenvalue weighted by atomic mass is 19.1. The maximum atomic E-state index is 13.8. The molecule has 0 unspecified atom stereocenters. The van der Waals surface area contributed by atoms with Crippen molar-refractivity contribution in [3.05, 3.63) is 35.1 Å². The minimum Gasteiger partial charge on any atom is -0.302 e. The molecule has 1 saturated carbocycles. The van der Waals surface area contributed by atoms with Gasteiger partial charge in [-0.15, -0.1) is 0 Å². The Balaban J connectivity index is 2.00. The molecule has 1 aromatic carbocycles. The number of halogens is 1. The van der Waals surface area contributed by atoms with E-state index >= 15 is 0 Å². The molecule has 0 atom stereocenters. The average Bonchev–Trinajstić information content (AvgIpc) is 2.27. The Morgan fingerprint density at radius 3 is 2.82 bits per heavy atom. The van der Waals surface area contributed by atoms with Crippen LogP contribution in [-0.2, 0) is 6.54 Å². The summed E-state index contributed by atoms with van der Waals surface area (Å²) in [6, 6.07) is 6.90. The Morgan fingerprint density at radius 2 is 2.24 bits per heavy atom. The van der Waals surface area contributed by atoms with Crippen LogP contribution in [0.25, 0.3) is 0 Å². The van der Waals surface area contributed by atoms with Crippen molar-refractivity contribution in [2.24, 2.45) is 5.92 Å². The molecule has 17 heavy (non-hydrogen) atoms. The molecule has 0 bridgehead atoms. The van der Waals surface area contributed by atoms with Crippen LogP contribution in [0.4, 0.5) is 4.39 Å². The van der Waals surface area contributed by atoms with E-state index in [4.69, 9.17) is 5.26 Å². The van der Waals surface area contributed by atoms with Gasteiger partial charge in [0.05, 0.1) is 5.56 Å². The Kier molecular flexibility index (Phi) is 3.75. The molecule has 0 heterocycles. The summed E-state index contributed by atoms with van der Waals surface area (Å²) in [5.41, 5.74) is 0.755. The average molecular weight is 232 g/mol. The zero-order chi connectivity index (χ0) is 12.3. The minimum absolute atomic E-state index is 0.138. The van der Waals surface area contributed by atoms with Gasteiger partial charge in [-0.05, 0) is 31.9 Å². The van der Waals surface area contributed by atoms with E-state index in [-0.39, 0.29) is 11.4 Å². The van der Waals surface area contributed by atoms with Crippen LogP contribution in [0.3, 0.4) is 0 Å². The Morgan fingerprint density at radius 1 is 1.47 bits per heavy atom. The van der Waals surface area contributed by atoms with Crippen LogP contribution in [0.5, 0.6) is 0 Å². The number of rotatable bonds is 4. The summed E-state index contributed by atoms with van der Waals surface area (Å²) in [7, 11) is 2.01. The second-order valence-corrected chi connectivity index (χ2v) is 4.88. The van der Waals surface area contributed by atoms with E-state index in [2.05, 4.69) is 4.90 Å². The van der Waals surface area contributed by atoms with Crippen LogP contribution in [0, 0.1) is 23.1 Å². The van der Waals surface area contributed by atoms with Gasteiger partial charge in [0.25, 0.3) is 0 Å². The minimum atomic E-state index is -0.365. The molecule has 0 saturated heterocycles. The lowest BCUT2D eigenvalue weighted by Gasteiger charge is -2.30. The molecule has 0 N–H and O–H groups in total. The summed E-state index contributed by atoms with van der Waals surface area (Å²) in [6.07, 6.45) is 3.92. The van der Waals surface area contributed by atoms with E-state index in [0.717, 1.165) is 12.5 Å². The smallest absolute Gasteiger partial charge is 0.145 e. The lowest BCUT2D eigenvalue weighted by Crippen LogP contribution is -2.29. The highest BCUT2D eigenvalue weighted by Crippen LogP contribution is 2.27. The summed E-state index contributed by atoms with van der Waals surface area (Å²) < 4.78 is 13.8. The van der Waals surface area contributed by atoms with Gasteiger partial charge in [-0.3, -0.25) is 0 Å². The van der Waals surface area contributed by atoms with Gasteiger partial charge in [-0.25, -0.2) is 4.39 Å². The van der Waals surface area contributed by atoms with Gasteiger partial charge >= 0.3 is 0 Å². The van der Waals surface area contributed by atoms with Gasteiger partial charge in [0.15, 0.2) is 0 Å². The van der Waals surface area contributed by atoms with Crippen molar-refractivity contribution in [1.82, 2.24) is 4.90 Å². The monoisotopic (exact) mass is 232 g/mol. The summed E-state index contributed by atoms with van der Waals surface area (Å²) in [4.78, 5) is 2.14. The van der Waals surface area contributed by atoms with Crippen molar-refractivity contribution in [3.8, 4) is 6.07 Å². The molecule has 2 rings (SSSR count). The second kappa shape index (κ2) is 5.29. The summed E-state index contributed by atoms with van der Waals surface area (Å²) in [5.74, 6) is 0.415. The number of benzene rings is 1. The van der Waals surface area contributed by atoms with Crippen molar-refractivity contribution in [2.45, 2.75) is 25.8 Å². The molecule has 0 aromatic heterocycles. The van der Waals surface area contributed by atoms with Crippen molar-refractivity contribution >= 4 is 0 Å². The molecule has 0 radical (unpaired) electrons. The van der Waals surface area contributed by atoms with E-state index in [0.29, 0.717) is 12.1 Å². The van der Waals surface area contributed by atoms with E-state index in [1.165, 1.54) is 25.3 Å². The topological polar surface area (TPSA) is 27.0 Å². The molecular weight excluding hydrogens is 215 g/mol. The van der Waals surface area contributed by atoms with Crippen LogP contribution in [0.1, 0.15) is 30.4 Å². The molecular formula is C14H17FN2. The van der Waals surface area contributed by atoms with Crippen LogP contribution in [0.2, 0.25) is 0 Å². The van der Waals surface area contributed by atoms with E-state index in [1.54, 1.807) is 12.1 Å². The second-order valence-electron chi connectivity index (χ2n) is 4.88. The third-order valence-electron chi connectivity index (χ3n) is 3.43. The Labute approximate surface area is 102 Å². The SMILES string of the molecule is CN(Cc1cccc(C#N)c1F)CC1CCC1. The normalized spacial score (nSPS) is 15.6. The molecule has 0 spiro atoms. The lowest BCUT2D eigenvalue weighted by molar-refractivity contribution is 0.199. The first-order valence-corrected chi connectivity index (χ1v) is 6.06. The van der Waals surface area contributed by atoms with Crippen molar-refractivity contribution in [3.63, 3.8) is 0 Å². The fourth-order valence-electron chi connectivity index (χ4n) is 2.26. The fraction of sp³-hybridized carbons (Fsp3) is 0.500. The number of nitrogens with zero attached hydrogens (tertiary/aromatic N) is 2. The summed E-state index contributed by atoms with van der Waals surface area (Å²) in [6.45, 7) is 1.61. The van der Waals surface area contributed by atoms with Crippen LogP contribution >= 0.6 is 0 Å². The molecule has 0 amide bonds. The standard InChI is InChI=1S/C14H17FN2/c1-17(9-11-4-2-5-11)10-13-7-3-6-12(8-16)14(13)15/h3,6-7,11H,2,4-5,9-10H2,1H3. The van der Waals surface area contributed by atoms with Crippen LogP contribution in [-0.4, -0.2) is 18.5 Å². The predicted octanol–water partition coefficient (Wildman–Crippen LogP) is 2.93. The lowest BCUT2D eigenvalue weighted by atomic mass is 9.85. The number of hydrogen-bond acceptors (Lipinski definition) is 2. The van der Waals surface area contributed by atoms with Gasteiger partial charge in [-0.1, -0.05) is 18.6 Å². The fourth-order valence-corrected chi connectivity index (χ4v) is 2.26. The third kappa shape index (κ3) is 2.83. The molecule has 1 aliphatic carbocycles. The zero-order valence-electron chi connectivity index (χ0n) is 10.1. The number of nitriles is 1. The molecule has 2 nitrogen and oxygen atoms in total. The van der Waals surface area contributed by atoms with Crippen molar-refractivity contribution in [2.75, 3.05) is 13.6 Å². The first-order chi connectivity index (χ1) is 8.20. The molecule has 0 aliphatic heterocycles. The van der Waals surface area contributed by atoms with Gasteiger partial charge in [0.1, 0.15) is 11.9 Å². The van der Waals surface area contributed by atoms with Crippen molar-refractivity contribution in [1.29, 1.82) is 5.26 Å². The molecule has 90 valence electrons. The van der Waals surface area contributed by atoms with Crippen molar-refractivity contribution < 1.29 is 4.39 Å². The van der Waals surface area contributed by atoms with Gasteiger partial charge in [0, 0.05) is 18.7 Å². The van der Waals surface area contributed by atoms with Gasteiger partial charge < -0.3 is 4.90 Å². The zero-order valence-corrected chi connectivity index (χ0v) is 10.1. The first kappa shape index (κ1) is 12.1. The van der Waals surface area contributed by atoms with Crippen LogP contribution < -0.4 is 0 Å². The molecule has 1 aromatic rings. The van der Waals surface area contributed by atoms with Gasteiger partial charge in [-0.2, -0.15) is 5.26 Å². The van der Waals surface area contributed by atoms with Crippen LogP contribution in [0.15, 0.2) is 18.2 Å². The summed E-state index contributed by atoms with van der Waals surface area (Å²) >= 11 is 0. The summed E-state index contributed by atoms with van der Waals surface area (Å²) in [5, 5.41) is 8.77. The maximum absolute atomic E-state index is 13.8. The van der Waals surface area contributed by atoms with E-state index in [9.17, 15) is 4.39 Å². The quantitative estimate of drug-likeness (QED) is 0.798. The Bertz CT molecular complexity index is 432.